The molecule has 1 heterocycles. The molecule has 8 nitrogen and oxygen atoms in total. The van der Waals surface area contributed by atoms with Gasteiger partial charge >= 0.3 is 5.97 Å². The molecule has 0 bridgehead atoms. The molecule has 0 aliphatic rings. The first-order chi connectivity index (χ1) is 13.1. The van der Waals surface area contributed by atoms with Gasteiger partial charge in [0.25, 0.3) is 5.91 Å². The van der Waals surface area contributed by atoms with E-state index in [0.29, 0.717) is 11.3 Å². The van der Waals surface area contributed by atoms with Crippen molar-refractivity contribution in [2.75, 3.05) is 13.7 Å². The van der Waals surface area contributed by atoms with E-state index in [9.17, 15) is 9.59 Å². The molecule has 8 heteroatoms. The number of hydrogen-bond donors (Lipinski definition) is 0. The molecule has 0 saturated heterocycles. The molecular formula is C19H19N5O3. The summed E-state index contributed by atoms with van der Waals surface area (Å²) in [6.07, 6.45) is 1.42. The Morgan fingerprint density at radius 3 is 2.63 bits per heavy atom. The minimum atomic E-state index is -0.584. The van der Waals surface area contributed by atoms with Crippen LogP contribution in [0.2, 0.25) is 0 Å². The number of esters is 1. The van der Waals surface area contributed by atoms with Crippen molar-refractivity contribution in [3.63, 3.8) is 0 Å². The van der Waals surface area contributed by atoms with Gasteiger partial charge in [0.1, 0.15) is 6.33 Å². The van der Waals surface area contributed by atoms with Crippen LogP contribution in [0, 0.1) is 0 Å². The van der Waals surface area contributed by atoms with Crippen molar-refractivity contribution in [2.24, 2.45) is 0 Å². The topological polar surface area (TPSA) is 90.2 Å². The van der Waals surface area contributed by atoms with Crippen LogP contribution in [-0.4, -0.2) is 50.6 Å². The van der Waals surface area contributed by atoms with E-state index in [1.54, 1.807) is 36.2 Å². The standard InChI is InChI=1S/C19H19N5O3/c1-14(15-7-4-3-5-8-15)23(2)18(25)12-27-19(26)16-9-6-10-17(11-16)24-13-20-21-22-24/h3-11,13-14H,12H2,1-2H3. The van der Waals surface area contributed by atoms with Crippen LogP contribution in [0.25, 0.3) is 5.69 Å². The summed E-state index contributed by atoms with van der Waals surface area (Å²) in [5.41, 5.74) is 1.94. The summed E-state index contributed by atoms with van der Waals surface area (Å²) < 4.78 is 6.61. The summed E-state index contributed by atoms with van der Waals surface area (Å²) in [6, 6.07) is 16.2. The zero-order chi connectivity index (χ0) is 19.2. The molecule has 0 aliphatic heterocycles. The van der Waals surface area contributed by atoms with Crippen LogP contribution in [0.1, 0.15) is 28.9 Å². The van der Waals surface area contributed by atoms with Gasteiger partial charge in [-0.05, 0) is 41.1 Å². The Balaban J connectivity index is 1.60. The highest BCUT2D eigenvalue weighted by molar-refractivity contribution is 5.91. The molecule has 0 N–H and O–H groups in total. The molecule has 0 aliphatic carbocycles. The molecular weight excluding hydrogens is 346 g/mol. The van der Waals surface area contributed by atoms with Crippen molar-refractivity contribution in [1.29, 1.82) is 0 Å². The molecule has 1 unspecified atom stereocenters. The Bertz CT molecular complexity index is 912. The van der Waals surface area contributed by atoms with Gasteiger partial charge in [0.15, 0.2) is 6.61 Å². The molecule has 3 rings (SSSR count). The third-order valence-corrected chi connectivity index (χ3v) is 4.28. The smallest absolute Gasteiger partial charge is 0.338 e. The fourth-order valence-electron chi connectivity index (χ4n) is 2.54. The van der Waals surface area contributed by atoms with Gasteiger partial charge in [0.05, 0.1) is 17.3 Å². The fourth-order valence-corrected chi connectivity index (χ4v) is 2.54. The number of ether oxygens (including phenoxy) is 1. The maximum Gasteiger partial charge on any atom is 0.338 e. The number of aromatic nitrogens is 4. The Labute approximate surface area is 156 Å². The molecule has 1 amide bonds. The number of carbonyl (C=O) groups is 2. The SMILES string of the molecule is CC(c1ccccc1)N(C)C(=O)COC(=O)c1cccc(-n2cnnn2)c1. The fraction of sp³-hybridized carbons (Fsp3) is 0.211. The zero-order valence-corrected chi connectivity index (χ0v) is 15.0. The summed E-state index contributed by atoms with van der Waals surface area (Å²) in [6.45, 7) is 1.59. The molecule has 1 atom stereocenters. The molecule has 0 spiro atoms. The van der Waals surface area contributed by atoms with E-state index in [0.717, 1.165) is 5.56 Å². The van der Waals surface area contributed by atoms with Gasteiger partial charge in [0.2, 0.25) is 0 Å². The lowest BCUT2D eigenvalue weighted by molar-refractivity contribution is -0.135. The number of likely N-dealkylation sites (N-methyl/N-ethyl adjacent to an activating group) is 1. The molecule has 27 heavy (non-hydrogen) atoms. The van der Waals surface area contributed by atoms with Gasteiger partial charge < -0.3 is 9.64 Å². The summed E-state index contributed by atoms with van der Waals surface area (Å²) >= 11 is 0. The number of rotatable bonds is 6. The lowest BCUT2D eigenvalue weighted by atomic mass is 10.1. The Hall–Kier alpha value is -3.55. The van der Waals surface area contributed by atoms with Crippen molar-refractivity contribution in [3.05, 3.63) is 72.1 Å². The third kappa shape index (κ3) is 4.35. The molecule has 3 aromatic rings. The highest BCUT2D eigenvalue weighted by Crippen LogP contribution is 2.18. The number of carbonyl (C=O) groups excluding carboxylic acids is 2. The second-order valence-electron chi connectivity index (χ2n) is 5.97. The Kier molecular flexibility index (Phi) is 5.55. The van der Waals surface area contributed by atoms with E-state index in [1.807, 2.05) is 37.3 Å². The van der Waals surface area contributed by atoms with Crippen LogP contribution in [0.3, 0.4) is 0 Å². The highest BCUT2D eigenvalue weighted by atomic mass is 16.5. The van der Waals surface area contributed by atoms with E-state index >= 15 is 0 Å². The second kappa shape index (κ2) is 8.22. The lowest BCUT2D eigenvalue weighted by Gasteiger charge is -2.25. The lowest BCUT2D eigenvalue weighted by Crippen LogP contribution is -2.33. The monoisotopic (exact) mass is 365 g/mol. The van der Waals surface area contributed by atoms with Crippen molar-refractivity contribution >= 4 is 11.9 Å². The van der Waals surface area contributed by atoms with Crippen molar-refractivity contribution in [1.82, 2.24) is 25.1 Å². The van der Waals surface area contributed by atoms with Crippen LogP contribution < -0.4 is 0 Å². The first-order valence-corrected chi connectivity index (χ1v) is 8.37. The summed E-state index contributed by atoms with van der Waals surface area (Å²) in [7, 11) is 1.69. The molecule has 0 fully saturated rings. The summed E-state index contributed by atoms with van der Waals surface area (Å²) in [4.78, 5) is 26.2. The van der Waals surface area contributed by atoms with Crippen molar-refractivity contribution in [3.8, 4) is 5.69 Å². The molecule has 1 aromatic heterocycles. The van der Waals surface area contributed by atoms with E-state index in [1.165, 1.54) is 11.0 Å². The number of benzene rings is 2. The average Bonchev–Trinajstić information content (AvgIpc) is 3.26. The molecule has 2 aromatic carbocycles. The number of tetrazole rings is 1. The van der Waals surface area contributed by atoms with Crippen molar-refractivity contribution < 1.29 is 14.3 Å². The quantitative estimate of drug-likeness (QED) is 0.621. The van der Waals surface area contributed by atoms with Crippen LogP contribution in [-0.2, 0) is 9.53 Å². The number of nitrogens with zero attached hydrogens (tertiary/aromatic N) is 5. The van der Waals surface area contributed by atoms with Gasteiger partial charge in [-0.25, -0.2) is 9.48 Å². The largest absolute Gasteiger partial charge is 0.452 e. The van der Waals surface area contributed by atoms with Gasteiger partial charge in [-0.15, -0.1) is 5.10 Å². The van der Waals surface area contributed by atoms with E-state index < -0.39 is 5.97 Å². The first kappa shape index (κ1) is 18.2. The van der Waals surface area contributed by atoms with Crippen LogP contribution >= 0.6 is 0 Å². The predicted molar refractivity (Wildman–Crippen MR) is 97.1 cm³/mol. The Morgan fingerprint density at radius 1 is 1.15 bits per heavy atom. The molecule has 138 valence electrons. The van der Waals surface area contributed by atoms with E-state index in [-0.39, 0.29) is 18.6 Å². The first-order valence-electron chi connectivity index (χ1n) is 8.37. The molecule has 0 radical (unpaired) electrons. The minimum Gasteiger partial charge on any atom is -0.452 e. The normalized spacial score (nSPS) is 11.6. The third-order valence-electron chi connectivity index (χ3n) is 4.28. The van der Waals surface area contributed by atoms with Gasteiger partial charge in [-0.3, -0.25) is 4.79 Å². The van der Waals surface area contributed by atoms with Gasteiger partial charge in [-0.1, -0.05) is 36.4 Å². The zero-order valence-electron chi connectivity index (χ0n) is 15.0. The van der Waals surface area contributed by atoms with Crippen molar-refractivity contribution in [2.45, 2.75) is 13.0 Å². The van der Waals surface area contributed by atoms with Gasteiger partial charge in [-0.2, -0.15) is 0 Å². The number of hydrogen-bond acceptors (Lipinski definition) is 6. The van der Waals surface area contributed by atoms with Crippen LogP contribution in [0.5, 0.6) is 0 Å². The maximum atomic E-state index is 12.4. The predicted octanol–water partition coefficient (Wildman–Crippen LogP) is 2.04. The highest BCUT2D eigenvalue weighted by Gasteiger charge is 2.19. The number of amides is 1. The van der Waals surface area contributed by atoms with E-state index in [4.69, 9.17) is 4.74 Å². The Morgan fingerprint density at radius 2 is 1.93 bits per heavy atom. The molecule has 0 saturated carbocycles. The summed E-state index contributed by atoms with van der Waals surface area (Å²) in [5, 5.41) is 10.9. The van der Waals surface area contributed by atoms with Gasteiger partial charge in [0, 0.05) is 7.05 Å². The van der Waals surface area contributed by atoms with E-state index in [2.05, 4.69) is 15.5 Å². The maximum absolute atomic E-state index is 12.4. The van der Waals surface area contributed by atoms with Crippen LogP contribution in [0.4, 0.5) is 0 Å². The van der Waals surface area contributed by atoms with Crippen LogP contribution in [0.15, 0.2) is 60.9 Å². The summed E-state index contributed by atoms with van der Waals surface area (Å²) in [5.74, 6) is -0.865. The average molecular weight is 365 g/mol. The minimum absolute atomic E-state index is 0.124. The second-order valence-corrected chi connectivity index (χ2v) is 5.97.